The molecule has 0 saturated heterocycles. The summed E-state index contributed by atoms with van der Waals surface area (Å²) in [6.07, 6.45) is -1.75. The number of aromatic nitrogens is 1. The molecule has 1 heterocycles. The van der Waals surface area contributed by atoms with Gasteiger partial charge in [0, 0.05) is 18.9 Å². The van der Waals surface area contributed by atoms with Gasteiger partial charge >= 0.3 is 6.18 Å². The van der Waals surface area contributed by atoms with Gasteiger partial charge in [-0.1, -0.05) is 78.4 Å². The lowest BCUT2D eigenvalue weighted by atomic mass is 9.89. The second-order valence-corrected chi connectivity index (χ2v) is 10.2. The average molecular weight is 557 g/mol. The number of aryl methyl sites for hydroxylation is 1. The van der Waals surface area contributed by atoms with Gasteiger partial charge in [0.15, 0.2) is 0 Å². The van der Waals surface area contributed by atoms with Gasteiger partial charge < -0.3 is 4.90 Å². The predicted molar refractivity (Wildman–Crippen MR) is 152 cm³/mol. The summed E-state index contributed by atoms with van der Waals surface area (Å²) < 4.78 is 53.6. The molecule has 7 heteroatoms. The highest BCUT2D eigenvalue weighted by atomic mass is 19.4. The molecule has 0 bridgehead atoms. The maximum Gasteiger partial charge on any atom is 0.419 e. The zero-order valence-corrected chi connectivity index (χ0v) is 22.6. The summed E-state index contributed by atoms with van der Waals surface area (Å²) in [5, 5.41) is 2.10. The van der Waals surface area contributed by atoms with Gasteiger partial charge in [-0.2, -0.15) is 13.2 Å². The third-order valence-corrected chi connectivity index (χ3v) is 7.31. The normalized spacial score (nSPS) is 12.3. The van der Waals surface area contributed by atoms with Crippen molar-refractivity contribution in [2.75, 3.05) is 0 Å². The Morgan fingerprint density at radius 3 is 2.34 bits per heavy atom. The van der Waals surface area contributed by atoms with Crippen molar-refractivity contribution in [2.24, 2.45) is 0 Å². The average Bonchev–Trinajstić information content (AvgIpc) is 2.95. The fourth-order valence-corrected chi connectivity index (χ4v) is 5.15. The summed E-state index contributed by atoms with van der Waals surface area (Å²) in [7, 11) is 0. The van der Waals surface area contributed by atoms with Crippen molar-refractivity contribution in [1.82, 2.24) is 9.88 Å². The first-order valence-corrected chi connectivity index (χ1v) is 13.2. The molecule has 1 atom stereocenters. The Morgan fingerprint density at radius 1 is 0.902 bits per heavy atom. The number of pyridine rings is 1. The van der Waals surface area contributed by atoms with E-state index >= 15 is 0 Å². The molecule has 0 saturated carbocycles. The van der Waals surface area contributed by atoms with Crippen LogP contribution in [0.5, 0.6) is 0 Å². The highest BCUT2D eigenvalue weighted by molar-refractivity contribution is 5.98. The van der Waals surface area contributed by atoms with Crippen LogP contribution in [-0.2, 0) is 23.9 Å². The van der Waals surface area contributed by atoms with Crippen molar-refractivity contribution >= 4 is 16.7 Å². The van der Waals surface area contributed by atoms with Crippen molar-refractivity contribution in [1.29, 1.82) is 0 Å². The number of carbonyl (C=O) groups is 1. The van der Waals surface area contributed by atoms with E-state index in [9.17, 15) is 22.4 Å². The zero-order chi connectivity index (χ0) is 29.1. The Hall–Kier alpha value is -4.52. The smallest absolute Gasteiger partial charge is 0.331 e. The van der Waals surface area contributed by atoms with Gasteiger partial charge in [-0.25, -0.2) is 4.39 Å². The lowest BCUT2D eigenvalue weighted by molar-refractivity contribution is -0.140. The topological polar surface area (TPSA) is 33.2 Å². The minimum atomic E-state index is -4.81. The molecule has 3 nitrogen and oxygen atoms in total. The van der Waals surface area contributed by atoms with E-state index in [0.717, 1.165) is 50.7 Å². The van der Waals surface area contributed by atoms with Crippen LogP contribution >= 0.6 is 0 Å². The van der Waals surface area contributed by atoms with Gasteiger partial charge in [0.25, 0.3) is 0 Å². The second kappa shape index (κ2) is 11.5. The molecule has 0 radical (unpaired) electrons. The van der Waals surface area contributed by atoms with E-state index in [1.165, 1.54) is 0 Å². The van der Waals surface area contributed by atoms with Crippen LogP contribution in [-0.4, -0.2) is 15.8 Å². The molecule has 208 valence electrons. The lowest BCUT2D eigenvalue weighted by Crippen LogP contribution is -2.34. The molecule has 41 heavy (non-hydrogen) atoms. The fourth-order valence-electron chi connectivity index (χ4n) is 5.15. The van der Waals surface area contributed by atoms with Crippen LogP contribution in [0.25, 0.3) is 21.9 Å². The number of benzene rings is 4. The number of amides is 1. The van der Waals surface area contributed by atoms with Crippen LogP contribution in [0.3, 0.4) is 0 Å². The monoisotopic (exact) mass is 556 g/mol. The van der Waals surface area contributed by atoms with Gasteiger partial charge in [0.1, 0.15) is 5.82 Å². The third-order valence-electron chi connectivity index (χ3n) is 7.31. The summed E-state index contributed by atoms with van der Waals surface area (Å²) in [4.78, 5) is 19.7. The lowest BCUT2D eigenvalue weighted by Gasteiger charge is -2.32. The molecule has 0 spiro atoms. The van der Waals surface area contributed by atoms with Crippen molar-refractivity contribution in [2.45, 2.75) is 39.0 Å². The molecule has 0 aliphatic rings. The first-order chi connectivity index (χ1) is 19.6. The molecule has 5 aromatic rings. The minimum absolute atomic E-state index is 0.168. The summed E-state index contributed by atoms with van der Waals surface area (Å²) >= 11 is 0. The van der Waals surface area contributed by atoms with Crippen LogP contribution < -0.4 is 0 Å². The Morgan fingerprint density at radius 2 is 1.66 bits per heavy atom. The van der Waals surface area contributed by atoms with Crippen LogP contribution in [0.15, 0.2) is 103 Å². The first kappa shape index (κ1) is 28.0. The van der Waals surface area contributed by atoms with Gasteiger partial charge in [0.05, 0.1) is 18.0 Å². The van der Waals surface area contributed by atoms with Crippen LogP contribution in [0.4, 0.5) is 17.6 Å². The molecule has 4 aromatic carbocycles. The standard InChI is InChI=1S/C34H28F4N2O/c1-22-9-12-27(13-10-22)33-28(15-14-26-7-3-4-8-29(26)33)23(2)40(21-25-6-5-17-39-20-25)32(41)19-24-11-16-30(31(35)18-24)34(36,37)38/h3-18,20,23H,19,21H2,1-2H3. The number of fused-ring (bicyclic) bond motifs is 1. The van der Waals surface area contributed by atoms with Crippen LogP contribution in [0.2, 0.25) is 0 Å². The summed E-state index contributed by atoms with van der Waals surface area (Å²) in [5.41, 5.74) is 3.66. The summed E-state index contributed by atoms with van der Waals surface area (Å²) in [5.74, 6) is -1.74. The minimum Gasteiger partial charge on any atom is -0.331 e. The molecular weight excluding hydrogens is 528 g/mol. The largest absolute Gasteiger partial charge is 0.419 e. The number of halogens is 4. The number of rotatable bonds is 7. The quantitative estimate of drug-likeness (QED) is 0.188. The Bertz CT molecular complexity index is 1680. The third kappa shape index (κ3) is 6.14. The molecule has 0 N–H and O–H groups in total. The molecule has 0 fully saturated rings. The maximum absolute atomic E-state index is 14.3. The second-order valence-electron chi connectivity index (χ2n) is 10.2. The molecule has 1 aromatic heterocycles. The van der Waals surface area contributed by atoms with Gasteiger partial charge in [-0.15, -0.1) is 0 Å². The van der Waals surface area contributed by atoms with E-state index < -0.39 is 23.6 Å². The Kier molecular flexibility index (Phi) is 7.88. The molecule has 1 unspecified atom stereocenters. The molecule has 0 aliphatic carbocycles. The maximum atomic E-state index is 14.3. The zero-order valence-electron chi connectivity index (χ0n) is 22.6. The van der Waals surface area contributed by atoms with Crippen molar-refractivity contribution in [3.05, 3.63) is 137 Å². The SMILES string of the molecule is Cc1ccc(-c2c(C(C)N(Cc3cccnc3)C(=O)Cc3ccc(C(F)(F)F)c(F)c3)ccc3ccccc23)cc1. The highest BCUT2D eigenvalue weighted by Crippen LogP contribution is 2.38. The Balaban J connectivity index is 1.57. The van der Waals surface area contributed by atoms with E-state index in [4.69, 9.17) is 0 Å². The fraction of sp³-hybridized carbons (Fsp3) is 0.176. The first-order valence-electron chi connectivity index (χ1n) is 13.2. The molecule has 1 amide bonds. The van der Waals surface area contributed by atoms with E-state index in [1.54, 1.807) is 23.4 Å². The van der Waals surface area contributed by atoms with Gasteiger partial charge in [-0.05, 0) is 70.6 Å². The van der Waals surface area contributed by atoms with E-state index in [-0.39, 0.29) is 24.4 Å². The van der Waals surface area contributed by atoms with Crippen molar-refractivity contribution < 1.29 is 22.4 Å². The van der Waals surface area contributed by atoms with Gasteiger partial charge in [0.2, 0.25) is 5.91 Å². The molecule has 0 aliphatic heterocycles. The summed E-state index contributed by atoms with van der Waals surface area (Å²) in [6.45, 7) is 4.18. The number of carbonyl (C=O) groups excluding carboxylic acids is 1. The number of nitrogens with zero attached hydrogens (tertiary/aromatic N) is 2. The molecule has 5 rings (SSSR count). The number of hydrogen-bond donors (Lipinski definition) is 0. The predicted octanol–water partition coefficient (Wildman–Crippen LogP) is 8.70. The van der Waals surface area contributed by atoms with E-state index in [2.05, 4.69) is 23.2 Å². The number of hydrogen-bond acceptors (Lipinski definition) is 2. The van der Waals surface area contributed by atoms with E-state index in [0.29, 0.717) is 6.07 Å². The van der Waals surface area contributed by atoms with E-state index in [1.807, 2.05) is 62.4 Å². The van der Waals surface area contributed by atoms with Crippen molar-refractivity contribution in [3.63, 3.8) is 0 Å². The Labute approximate surface area is 236 Å². The molecular formula is C34H28F4N2O. The number of alkyl halides is 3. The van der Waals surface area contributed by atoms with Gasteiger partial charge in [-0.3, -0.25) is 9.78 Å². The summed E-state index contributed by atoms with van der Waals surface area (Å²) in [6, 6.07) is 26.2. The van der Waals surface area contributed by atoms with Crippen LogP contribution in [0.1, 0.15) is 40.8 Å². The van der Waals surface area contributed by atoms with Crippen LogP contribution in [0, 0.1) is 12.7 Å². The highest BCUT2D eigenvalue weighted by Gasteiger charge is 2.34. The van der Waals surface area contributed by atoms with Crippen molar-refractivity contribution in [3.8, 4) is 11.1 Å².